The van der Waals surface area contributed by atoms with E-state index in [9.17, 15) is 0 Å². The molecule has 0 saturated carbocycles. The van der Waals surface area contributed by atoms with Crippen LogP contribution in [-0.4, -0.2) is 21.5 Å². The van der Waals surface area contributed by atoms with Crippen LogP contribution in [-0.2, 0) is 6.54 Å². The normalized spacial score (nSPS) is 10.2. The van der Waals surface area contributed by atoms with Crippen LogP contribution < -0.4 is 10.6 Å². The highest BCUT2D eigenvalue weighted by Crippen LogP contribution is 2.20. The molecule has 98 valence electrons. The predicted molar refractivity (Wildman–Crippen MR) is 81.1 cm³/mol. The highest BCUT2D eigenvalue weighted by molar-refractivity contribution is 7.80. The fraction of sp³-hybridized carbons (Fsp3) is 0.214. The second kappa shape index (κ2) is 6.24. The van der Waals surface area contributed by atoms with E-state index in [2.05, 4.69) is 21.8 Å². The lowest BCUT2D eigenvalue weighted by Crippen LogP contribution is -2.26. The molecule has 2 rings (SSSR count). The van der Waals surface area contributed by atoms with Crippen LogP contribution in [0.5, 0.6) is 0 Å². The fourth-order valence-electron chi connectivity index (χ4n) is 1.90. The summed E-state index contributed by atoms with van der Waals surface area (Å²) in [5.41, 5.74) is 8.56. The molecule has 0 aliphatic rings. The van der Waals surface area contributed by atoms with Crippen LogP contribution in [0.25, 0.3) is 0 Å². The van der Waals surface area contributed by atoms with Gasteiger partial charge in [-0.3, -0.25) is 9.97 Å². The summed E-state index contributed by atoms with van der Waals surface area (Å²) >= 11 is 5.09. The third kappa shape index (κ3) is 3.26. The average molecular weight is 272 g/mol. The van der Waals surface area contributed by atoms with E-state index in [4.69, 9.17) is 18.0 Å². The van der Waals surface area contributed by atoms with E-state index >= 15 is 0 Å². The van der Waals surface area contributed by atoms with Crippen LogP contribution >= 0.6 is 12.2 Å². The van der Waals surface area contributed by atoms with E-state index in [-0.39, 0.29) is 0 Å². The topological polar surface area (TPSA) is 55.0 Å². The summed E-state index contributed by atoms with van der Waals surface area (Å²) in [5, 5.41) is 0. The molecule has 0 aromatic carbocycles. The first-order valence-electron chi connectivity index (χ1n) is 6.11. The van der Waals surface area contributed by atoms with Crippen molar-refractivity contribution in [3.63, 3.8) is 0 Å². The van der Waals surface area contributed by atoms with Crippen LogP contribution in [0.15, 0.2) is 42.9 Å². The van der Waals surface area contributed by atoms with Crippen LogP contribution in [0.1, 0.15) is 18.2 Å². The molecule has 0 fully saturated rings. The zero-order valence-electron chi connectivity index (χ0n) is 10.8. The van der Waals surface area contributed by atoms with E-state index in [1.165, 1.54) is 0 Å². The molecular weight excluding hydrogens is 256 g/mol. The number of anilines is 1. The molecule has 0 unspecified atom stereocenters. The minimum absolute atomic E-state index is 0.386. The fourth-order valence-corrected chi connectivity index (χ4v) is 2.07. The Morgan fingerprint density at radius 1 is 1.32 bits per heavy atom. The van der Waals surface area contributed by atoms with Gasteiger partial charge in [0.05, 0.1) is 24.1 Å². The van der Waals surface area contributed by atoms with Crippen LogP contribution in [0, 0.1) is 0 Å². The van der Waals surface area contributed by atoms with Gasteiger partial charge in [0.1, 0.15) is 4.99 Å². The molecule has 0 aliphatic carbocycles. The number of thiocarbonyl (C=S) groups is 1. The van der Waals surface area contributed by atoms with Crippen molar-refractivity contribution in [2.45, 2.75) is 13.5 Å². The van der Waals surface area contributed by atoms with Gasteiger partial charge in [0.2, 0.25) is 0 Å². The Kier molecular flexibility index (Phi) is 4.41. The predicted octanol–water partition coefficient (Wildman–Crippen LogP) is 2.14. The largest absolute Gasteiger partial charge is 0.389 e. The van der Waals surface area contributed by atoms with Crippen molar-refractivity contribution in [3.8, 4) is 0 Å². The zero-order chi connectivity index (χ0) is 13.7. The third-order valence-corrected chi connectivity index (χ3v) is 3.09. The summed E-state index contributed by atoms with van der Waals surface area (Å²) in [5.74, 6) is 0. The lowest BCUT2D eigenvalue weighted by atomic mass is 10.2. The first-order valence-corrected chi connectivity index (χ1v) is 6.52. The Morgan fingerprint density at radius 3 is 2.79 bits per heavy atom. The monoisotopic (exact) mass is 272 g/mol. The van der Waals surface area contributed by atoms with Gasteiger partial charge < -0.3 is 10.6 Å². The Morgan fingerprint density at radius 2 is 2.16 bits per heavy atom. The van der Waals surface area contributed by atoms with Crippen molar-refractivity contribution in [1.29, 1.82) is 0 Å². The van der Waals surface area contributed by atoms with Gasteiger partial charge >= 0.3 is 0 Å². The lowest BCUT2D eigenvalue weighted by Gasteiger charge is -2.24. The number of pyridine rings is 2. The molecule has 2 heterocycles. The molecule has 0 amide bonds. The van der Waals surface area contributed by atoms with Gasteiger partial charge in [-0.25, -0.2) is 0 Å². The molecule has 0 bridgehead atoms. The summed E-state index contributed by atoms with van der Waals surface area (Å²) in [6.07, 6.45) is 5.29. The maximum absolute atomic E-state index is 5.76. The first kappa shape index (κ1) is 13.4. The molecule has 2 aromatic rings. The van der Waals surface area contributed by atoms with Crippen molar-refractivity contribution >= 4 is 22.9 Å². The Labute approximate surface area is 118 Å². The van der Waals surface area contributed by atoms with Gasteiger partial charge in [0, 0.05) is 24.5 Å². The van der Waals surface area contributed by atoms with E-state index in [1.807, 2.05) is 24.3 Å². The standard InChI is InChI=1S/C14H16N4S/c1-2-18(10-11-5-3-4-7-17-11)13-9-16-8-6-12(13)14(15)19/h3-9H,2,10H2,1H3,(H2,15,19). The van der Waals surface area contributed by atoms with E-state index < -0.39 is 0 Å². The van der Waals surface area contributed by atoms with E-state index in [1.54, 1.807) is 18.6 Å². The summed E-state index contributed by atoms with van der Waals surface area (Å²) in [4.78, 5) is 11.0. The lowest BCUT2D eigenvalue weighted by molar-refractivity contribution is 0.806. The Bertz CT molecular complexity index is 556. The number of aromatic nitrogens is 2. The van der Waals surface area contributed by atoms with Crippen LogP contribution in [0.2, 0.25) is 0 Å². The third-order valence-electron chi connectivity index (χ3n) is 2.87. The smallest absolute Gasteiger partial charge is 0.106 e. The van der Waals surface area contributed by atoms with Crippen molar-refractivity contribution < 1.29 is 0 Å². The minimum Gasteiger partial charge on any atom is -0.389 e. The van der Waals surface area contributed by atoms with Crippen LogP contribution in [0.4, 0.5) is 5.69 Å². The number of hydrogen-bond acceptors (Lipinski definition) is 4. The molecule has 0 spiro atoms. The van der Waals surface area contributed by atoms with Gasteiger partial charge in [0.15, 0.2) is 0 Å². The number of rotatable bonds is 5. The summed E-state index contributed by atoms with van der Waals surface area (Å²) < 4.78 is 0. The summed E-state index contributed by atoms with van der Waals surface area (Å²) in [6.45, 7) is 3.62. The highest BCUT2D eigenvalue weighted by Gasteiger charge is 2.12. The van der Waals surface area contributed by atoms with Crippen molar-refractivity contribution in [1.82, 2.24) is 9.97 Å². The van der Waals surface area contributed by atoms with E-state index in [0.29, 0.717) is 11.5 Å². The molecule has 0 aliphatic heterocycles. The minimum atomic E-state index is 0.386. The van der Waals surface area contributed by atoms with Gasteiger partial charge in [0.25, 0.3) is 0 Å². The molecule has 2 N–H and O–H groups in total. The molecule has 0 saturated heterocycles. The Balaban J connectivity index is 2.30. The highest BCUT2D eigenvalue weighted by atomic mass is 32.1. The maximum Gasteiger partial charge on any atom is 0.106 e. The molecule has 0 radical (unpaired) electrons. The number of hydrogen-bond donors (Lipinski definition) is 1. The summed E-state index contributed by atoms with van der Waals surface area (Å²) in [7, 11) is 0. The van der Waals surface area contributed by atoms with Gasteiger partial charge in [-0.05, 0) is 25.1 Å². The number of nitrogens with zero attached hydrogens (tertiary/aromatic N) is 3. The average Bonchev–Trinajstić information content (AvgIpc) is 2.46. The molecule has 5 heteroatoms. The molecular formula is C14H16N4S. The van der Waals surface area contributed by atoms with Crippen LogP contribution in [0.3, 0.4) is 0 Å². The summed E-state index contributed by atoms with van der Waals surface area (Å²) in [6, 6.07) is 7.73. The molecule has 19 heavy (non-hydrogen) atoms. The number of nitrogens with two attached hydrogens (primary N) is 1. The SMILES string of the molecule is CCN(Cc1ccccn1)c1cnccc1C(N)=S. The Hall–Kier alpha value is -2.01. The quantitative estimate of drug-likeness (QED) is 0.845. The second-order valence-corrected chi connectivity index (χ2v) is 4.53. The van der Waals surface area contributed by atoms with E-state index in [0.717, 1.165) is 23.5 Å². The molecule has 2 aromatic heterocycles. The maximum atomic E-state index is 5.76. The van der Waals surface area contributed by atoms with Gasteiger partial charge in [-0.1, -0.05) is 18.3 Å². The second-order valence-electron chi connectivity index (χ2n) is 4.09. The van der Waals surface area contributed by atoms with Crippen molar-refractivity contribution in [2.24, 2.45) is 5.73 Å². The van der Waals surface area contributed by atoms with Gasteiger partial charge in [-0.2, -0.15) is 0 Å². The van der Waals surface area contributed by atoms with Crippen molar-refractivity contribution in [2.75, 3.05) is 11.4 Å². The molecule has 4 nitrogen and oxygen atoms in total. The van der Waals surface area contributed by atoms with Gasteiger partial charge in [-0.15, -0.1) is 0 Å². The molecule has 0 atom stereocenters. The van der Waals surface area contributed by atoms with Crippen molar-refractivity contribution in [3.05, 3.63) is 54.1 Å². The zero-order valence-corrected chi connectivity index (χ0v) is 11.6. The first-order chi connectivity index (χ1) is 9.22.